The summed E-state index contributed by atoms with van der Waals surface area (Å²) in [4.78, 5) is 6.17. The molecule has 0 saturated carbocycles. The highest BCUT2D eigenvalue weighted by atomic mass is 32.1. The van der Waals surface area contributed by atoms with E-state index in [4.69, 9.17) is 9.47 Å². The summed E-state index contributed by atoms with van der Waals surface area (Å²) in [6.07, 6.45) is 0. The lowest BCUT2D eigenvalue weighted by Gasteiger charge is -2.36. The number of methoxy groups -OCH3 is 1. The van der Waals surface area contributed by atoms with Gasteiger partial charge in [-0.1, -0.05) is 12.1 Å². The molecule has 1 atom stereocenters. The van der Waals surface area contributed by atoms with Gasteiger partial charge in [0.2, 0.25) is 0 Å². The minimum Gasteiger partial charge on any atom is -0.493 e. The smallest absolute Gasteiger partial charge is 0.161 e. The largest absolute Gasteiger partial charge is 0.493 e. The van der Waals surface area contributed by atoms with E-state index >= 15 is 0 Å². The summed E-state index contributed by atoms with van der Waals surface area (Å²) in [5.41, 5.74) is 1.21. The van der Waals surface area contributed by atoms with Crippen LogP contribution in [-0.4, -0.2) is 62.7 Å². The normalized spacial score (nSPS) is 17.0. The van der Waals surface area contributed by atoms with Crippen molar-refractivity contribution in [3.05, 3.63) is 46.2 Å². The summed E-state index contributed by atoms with van der Waals surface area (Å²) >= 11 is 1.70. The Morgan fingerprint density at radius 1 is 1.15 bits per heavy atom. The summed E-state index contributed by atoms with van der Waals surface area (Å²) in [6, 6.07) is 10.9. The van der Waals surface area contributed by atoms with Gasteiger partial charge in [0.1, 0.15) is 6.61 Å². The van der Waals surface area contributed by atoms with Gasteiger partial charge in [0, 0.05) is 50.2 Å². The minimum atomic E-state index is 0.550. The molecule has 1 saturated heterocycles. The minimum absolute atomic E-state index is 0.550. The molecule has 1 N–H and O–H groups in total. The van der Waals surface area contributed by atoms with Crippen LogP contribution in [0, 0.1) is 0 Å². The highest BCUT2D eigenvalue weighted by molar-refractivity contribution is 7.09. The molecule has 2 aromatic rings. The molecule has 6 heteroatoms. The molecule has 0 aliphatic carbocycles. The second kappa shape index (κ2) is 10.1. The Morgan fingerprint density at radius 3 is 2.67 bits per heavy atom. The molecule has 27 heavy (non-hydrogen) atoms. The van der Waals surface area contributed by atoms with E-state index in [9.17, 15) is 0 Å². The molecular formula is C21H31N3O2S. The van der Waals surface area contributed by atoms with Crippen molar-refractivity contribution in [2.24, 2.45) is 0 Å². The van der Waals surface area contributed by atoms with Crippen LogP contribution in [0.1, 0.15) is 17.4 Å². The van der Waals surface area contributed by atoms with E-state index in [2.05, 4.69) is 52.7 Å². The Bertz CT molecular complexity index is 685. The first-order valence-electron chi connectivity index (χ1n) is 9.61. The maximum atomic E-state index is 5.91. The fourth-order valence-electron chi connectivity index (χ4n) is 3.30. The first kappa shape index (κ1) is 20.1. The van der Waals surface area contributed by atoms with Crippen molar-refractivity contribution in [2.45, 2.75) is 26.1 Å². The molecule has 0 bridgehead atoms. The summed E-state index contributed by atoms with van der Waals surface area (Å²) in [5, 5.41) is 5.65. The number of rotatable bonds is 9. The molecule has 1 aromatic heterocycles. The van der Waals surface area contributed by atoms with Crippen molar-refractivity contribution in [1.82, 2.24) is 15.1 Å². The van der Waals surface area contributed by atoms with E-state index in [-0.39, 0.29) is 0 Å². The van der Waals surface area contributed by atoms with Crippen molar-refractivity contribution in [2.75, 3.05) is 46.9 Å². The van der Waals surface area contributed by atoms with Crippen LogP contribution in [0.3, 0.4) is 0 Å². The molecule has 148 valence electrons. The summed E-state index contributed by atoms with van der Waals surface area (Å²) in [7, 11) is 3.89. The van der Waals surface area contributed by atoms with E-state index in [1.54, 1.807) is 18.4 Å². The number of hydrogen-bond acceptors (Lipinski definition) is 6. The Hall–Kier alpha value is -1.60. The van der Waals surface area contributed by atoms with Gasteiger partial charge in [-0.2, -0.15) is 0 Å². The van der Waals surface area contributed by atoms with Crippen molar-refractivity contribution < 1.29 is 9.47 Å². The molecule has 1 aromatic carbocycles. The standard InChI is InChI=1S/C21H31N3O2S/c1-17(24-10-8-23(2)9-11-24)14-22-15-18-6-7-20(21(13-18)25-3)26-16-19-5-4-12-27-19/h4-7,12-13,17,22H,8-11,14-16H2,1-3H3. The van der Waals surface area contributed by atoms with E-state index in [1.807, 2.05) is 12.1 Å². The number of piperazine rings is 1. The lowest BCUT2D eigenvalue weighted by Crippen LogP contribution is -2.50. The van der Waals surface area contributed by atoms with Crippen LogP contribution < -0.4 is 14.8 Å². The first-order chi connectivity index (χ1) is 13.2. The van der Waals surface area contributed by atoms with Gasteiger partial charge in [-0.05, 0) is 43.1 Å². The highest BCUT2D eigenvalue weighted by Gasteiger charge is 2.18. The molecule has 5 nitrogen and oxygen atoms in total. The highest BCUT2D eigenvalue weighted by Crippen LogP contribution is 2.29. The molecular weight excluding hydrogens is 358 g/mol. The molecule has 0 radical (unpaired) electrons. The number of hydrogen-bond donors (Lipinski definition) is 1. The van der Waals surface area contributed by atoms with Crippen LogP contribution in [0.2, 0.25) is 0 Å². The lowest BCUT2D eigenvalue weighted by atomic mass is 10.2. The van der Waals surface area contributed by atoms with Crippen LogP contribution in [-0.2, 0) is 13.2 Å². The number of thiophene rings is 1. The third kappa shape index (κ3) is 5.94. The molecule has 0 spiro atoms. The van der Waals surface area contributed by atoms with Crippen molar-refractivity contribution in [1.29, 1.82) is 0 Å². The number of nitrogens with one attached hydrogen (secondary N) is 1. The number of nitrogens with zero attached hydrogens (tertiary/aromatic N) is 2. The van der Waals surface area contributed by atoms with Crippen molar-refractivity contribution in [3.63, 3.8) is 0 Å². The van der Waals surface area contributed by atoms with E-state index < -0.39 is 0 Å². The maximum absolute atomic E-state index is 5.91. The van der Waals surface area contributed by atoms with Crippen LogP contribution in [0.5, 0.6) is 11.5 Å². The second-order valence-electron chi connectivity index (χ2n) is 7.17. The fraction of sp³-hybridized carbons (Fsp3) is 0.524. The average molecular weight is 390 g/mol. The third-order valence-electron chi connectivity index (χ3n) is 5.11. The number of likely N-dealkylation sites (N-methyl/N-ethyl adjacent to an activating group) is 1. The van der Waals surface area contributed by atoms with Gasteiger partial charge in [0.25, 0.3) is 0 Å². The van der Waals surface area contributed by atoms with Gasteiger partial charge in [-0.3, -0.25) is 4.90 Å². The maximum Gasteiger partial charge on any atom is 0.161 e. The number of ether oxygens (including phenoxy) is 2. The Kier molecular flexibility index (Phi) is 7.52. The van der Waals surface area contributed by atoms with Gasteiger partial charge in [0.05, 0.1) is 7.11 Å². The average Bonchev–Trinajstić information content (AvgIpc) is 3.21. The van der Waals surface area contributed by atoms with Crippen molar-refractivity contribution in [3.8, 4) is 11.5 Å². The summed E-state index contributed by atoms with van der Waals surface area (Å²) in [5.74, 6) is 1.58. The van der Waals surface area contributed by atoms with E-state index in [1.165, 1.54) is 10.4 Å². The van der Waals surface area contributed by atoms with Crippen LogP contribution >= 0.6 is 11.3 Å². The molecule has 2 heterocycles. The quantitative estimate of drug-likeness (QED) is 0.713. The Labute approximate surface area is 166 Å². The zero-order valence-corrected chi connectivity index (χ0v) is 17.4. The molecule has 3 rings (SSSR count). The monoisotopic (exact) mass is 389 g/mol. The molecule has 1 fully saturated rings. The summed E-state index contributed by atoms with van der Waals surface area (Å²) < 4.78 is 11.4. The fourth-order valence-corrected chi connectivity index (χ4v) is 3.92. The molecule has 1 unspecified atom stereocenters. The van der Waals surface area contributed by atoms with E-state index in [0.717, 1.165) is 50.8 Å². The third-order valence-corrected chi connectivity index (χ3v) is 5.96. The zero-order chi connectivity index (χ0) is 19.1. The van der Waals surface area contributed by atoms with Crippen molar-refractivity contribution >= 4 is 11.3 Å². The van der Waals surface area contributed by atoms with Crippen LogP contribution in [0.15, 0.2) is 35.7 Å². The van der Waals surface area contributed by atoms with Gasteiger partial charge in [-0.25, -0.2) is 0 Å². The predicted octanol–water partition coefficient (Wildman–Crippen LogP) is 3.06. The van der Waals surface area contributed by atoms with Gasteiger partial charge >= 0.3 is 0 Å². The zero-order valence-electron chi connectivity index (χ0n) is 16.6. The summed E-state index contributed by atoms with van der Waals surface area (Å²) in [6.45, 7) is 9.34. The second-order valence-corrected chi connectivity index (χ2v) is 8.20. The Balaban J connectivity index is 1.47. The SMILES string of the molecule is COc1cc(CNCC(C)N2CCN(C)CC2)ccc1OCc1cccs1. The van der Waals surface area contributed by atoms with Crippen LogP contribution in [0.25, 0.3) is 0 Å². The van der Waals surface area contributed by atoms with Crippen LogP contribution in [0.4, 0.5) is 0 Å². The topological polar surface area (TPSA) is 37.0 Å². The molecule has 1 aliphatic heterocycles. The molecule has 0 amide bonds. The number of benzene rings is 1. The predicted molar refractivity (Wildman–Crippen MR) is 112 cm³/mol. The Morgan fingerprint density at radius 2 is 1.96 bits per heavy atom. The van der Waals surface area contributed by atoms with Gasteiger partial charge < -0.3 is 19.7 Å². The lowest BCUT2D eigenvalue weighted by molar-refractivity contribution is 0.118. The first-order valence-corrected chi connectivity index (χ1v) is 10.5. The van der Waals surface area contributed by atoms with E-state index in [0.29, 0.717) is 12.6 Å². The molecule has 1 aliphatic rings. The van der Waals surface area contributed by atoms with Gasteiger partial charge in [0.15, 0.2) is 11.5 Å². The van der Waals surface area contributed by atoms with Gasteiger partial charge in [-0.15, -0.1) is 11.3 Å².